The van der Waals surface area contributed by atoms with Gasteiger partial charge in [0.2, 0.25) is 11.8 Å². The Hall–Kier alpha value is -3.76. The maximum atomic E-state index is 13.8. The molecule has 2 atom stereocenters. The van der Waals surface area contributed by atoms with Crippen molar-refractivity contribution >= 4 is 28.4 Å². The maximum absolute atomic E-state index is 13.8. The van der Waals surface area contributed by atoms with E-state index in [-0.39, 0.29) is 24.0 Å². The second-order valence-corrected chi connectivity index (χ2v) is 9.91. The number of aromatic amines is 1. The van der Waals surface area contributed by atoms with Crippen molar-refractivity contribution in [3.05, 3.63) is 75.5 Å². The van der Waals surface area contributed by atoms with Crippen LogP contribution in [0.1, 0.15) is 29.3 Å². The minimum absolute atomic E-state index is 0.0133. The molecule has 0 bridgehead atoms. The average molecular weight is 504 g/mol. The first-order chi connectivity index (χ1) is 18.0. The van der Waals surface area contributed by atoms with E-state index in [1.54, 1.807) is 21.9 Å². The van der Waals surface area contributed by atoms with Gasteiger partial charge in [-0.25, -0.2) is 0 Å². The first-order valence-electron chi connectivity index (χ1n) is 12.7. The Morgan fingerprint density at radius 3 is 2.68 bits per heavy atom. The molecule has 0 radical (unpaired) electrons. The summed E-state index contributed by atoms with van der Waals surface area (Å²) >= 11 is 0. The maximum Gasteiger partial charge on any atom is 0.269 e. The Morgan fingerprint density at radius 2 is 1.86 bits per heavy atom. The van der Waals surface area contributed by atoms with E-state index in [9.17, 15) is 19.7 Å². The van der Waals surface area contributed by atoms with Gasteiger partial charge in [-0.3, -0.25) is 24.6 Å². The van der Waals surface area contributed by atoms with Gasteiger partial charge in [0, 0.05) is 61.3 Å². The van der Waals surface area contributed by atoms with Crippen LogP contribution < -0.4 is 0 Å². The van der Waals surface area contributed by atoms with Gasteiger partial charge in [0.05, 0.1) is 30.7 Å². The van der Waals surface area contributed by atoms with Crippen molar-refractivity contribution in [3.8, 4) is 0 Å². The molecule has 3 aromatic rings. The van der Waals surface area contributed by atoms with Crippen LogP contribution in [0.4, 0.5) is 5.69 Å². The van der Waals surface area contributed by atoms with Crippen LogP contribution in [0.25, 0.3) is 10.9 Å². The number of para-hydroxylation sites is 1. The number of benzene rings is 2. The Morgan fingerprint density at radius 1 is 1.05 bits per heavy atom. The highest BCUT2D eigenvalue weighted by Gasteiger charge is 2.48. The first kappa shape index (κ1) is 23.6. The fourth-order valence-corrected chi connectivity index (χ4v) is 5.98. The molecule has 1 N–H and O–H groups in total. The number of fused-ring (bicyclic) bond motifs is 4. The molecule has 6 rings (SSSR count). The van der Waals surface area contributed by atoms with Crippen LogP contribution in [0, 0.1) is 10.1 Å². The van der Waals surface area contributed by atoms with Gasteiger partial charge in [-0.05, 0) is 23.6 Å². The predicted octanol–water partition coefficient (Wildman–Crippen LogP) is 2.48. The molecule has 0 saturated carbocycles. The second-order valence-electron chi connectivity index (χ2n) is 9.91. The monoisotopic (exact) mass is 503 g/mol. The number of morpholine rings is 1. The zero-order chi connectivity index (χ0) is 25.5. The number of amides is 2. The number of nitrogens with one attached hydrogen (secondary N) is 1. The first-order valence-corrected chi connectivity index (χ1v) is 12.7. The van der Waals surface area contributed by atoms with Gasteiger partial charge < -0.3 is 19.5 Å². The normalized spacial score (nSPS) is 22.3. The Kier molecular flexibility index (Phi) is 6.13. The summed E-state index contributed by atoms with van der Waals surface area (Å²) in [6.07, 6.45) is 1.20. The molecule has 37 heavy (non-hydrogen) atoms. The summed E-state index contributed by atoms with van der Waals surface area (Å²) in [5, 5.41) is 12.5. The smallest absolute Gasteiger partial charge is 0.269 e. The predicted molar refractivity (Wildman–Crippen MR) is 136 cm³/mol. The minimum atomic E-state index is -0.652. The lowest BCUT2D eigenvalue weighted by atomic mass is 9.86. The van der Waals surface area contributed by atoms with Crippen molar-refractivity contribution in [3.63, 3.8) is 0 Å². The molecule has 2 unspecified atom stereocenters. The van der Waals surface area contributed by atoms with Crippen molar-refractivity contribution < 1.29 is 19.2 Å². The molecular weight excluding hydrogens is 474 g/mol. The van der Waals surface area contributed by atoms with Crippen molar-refractivity contribution in [2.45, 2.75) is 24.9 Å². The number of H-pyrrole nitrogens is 1. The molecular formula is C27H29N5O5. The molecule has 0 spiro atoms. The van der Waals surface area contributed by atoms with Crippen LogP contribution in [0.3, 0.4) is 0 Å². The molecule has 4 heterocycles. The molecule has 10 nitrogen and oxygen atoms in total. The Labute approximate surface area is 213 Å². The molecule has 3 aliphatic heterocycles. The standard InChI is InChI=1S/C27H29N5O5/c33-24-17-30(10-4-9-29-11-13-37-14-12-29)27(34)23-16-21-20-7-1-2-8-22(20)28-25(21)26(31(23)24)18-5-3-6-19(15-18)32(35)36/h1-3,5-8,15,23,26,28H,4,9-14,16-17H2. The lowest BCUT2D eigenvalue weighted by molar-refractivity contribution is -0.384. The molecule has 2 saturated heterocycles. The molecule has 2 aromatic carbocycles. The number of ether oxygens (including phenoxy) is 1. The second kappa shape index (κ2) is 9.60. The number of hydrogen-bond acceptors (Lipinski definition) is 6. The number of non-ortho nitro benzene ring substituents is 1. The van der Waals surface area contributed by atoms with Gasteiger partial charge in [0.15, 0.2) is 0 Å². The third kappa shape index (κ3) is 4.25. The van der Waals surface area contributed by atoms with E-state index in [4.69, 9.17) is 4.74 Å². The Bertz CT molecular complexity index is 1360. The van der Waals surface area contributed by atoms with Crippen LogP contribution in [-0.4, -0.2) is 88.4 Å². The summed E-state index contributed by atoms with van der Waals surface area (Å²) in [4.78, 5) is 47.6. The zero-order valence-corrected chi connectivity index (χ0v) is 20.5. The minimum Gasteiger partial charge on any atom is -0.379 e. The highest BCUT2D eigenvalue weighted by Crippen LogP contribution is 2.43. The summed E-state index contributed by atoms with van der Waals surface area (Å²) in [5.41, 5.74) is 3.31. The molecule has 192 valence electrons. The molecule has 3 aliphatic rings. The van der Waals surface area contributed by atoms with E-state index < -0.39 is 17.0 Å². The third-order valence-corrected chi connectivity index (χ3v) is 7.75. The summed E-state index contributed by atoms with van der Waals surface area (Å²) in [7, 11) is 0. The molecule has 2 fully saturated rings. The lowest BCUT2D eigenvalue weighted by Gasteiger charge is -2.47. The quantitative estimate of drug-likeness (QED) is 0.409. The summed E-state index contributed by atoms with van der Waals surface area (Å²) in [5.74, 6) is -0.204. The van der Waals surface area contributed by atoms with Crippen molar-refractivity contribution in [2.75, 3.05) is 45.9 Å². The SMILES string of the molecule is O=C1C2Cc3c([nH]c4ccccc34)C(c3cccc([N+](=O)[O-])c3)N2C(=O)CN1CCCN1CCOCC1. The molecule has 0 aliphatic carbocycles. The number of hydrogen-bond donors (Lipinski definition) is 1. The van der Waals surface area contributed by atoms with Crippen LogP contribution in [0.5, 0.6) is 0 Å². The number of carbonyl (C=O) groups is 2. The van der Waals surface area contributed by atoms with E-state index in [0.29, 0.717) is 18.5 Å². The number of rotatable bonds is 6. The van der Waals surface area contributed by atoms with Crippen molar-refractivity contribution in [1.82, 2.24) is 19.7 Å². The number of nitro benzene ring substituents is 1. The molecule has 1 aromatic heterocycles. The van der Waals surface area contributed by atoms with Crippen LogP contribution >= 0.6 is 0 Å². The highest BCUT2D eigenvalue weighted by atomic mass is 16.6. The zero-order valence-electron chi connectivity index (χ0n) is 20.5. The Balaban J connectivity index is 1.34. The number of nitro groups is 1. The van der Waals surface area contributed by atoms with Crippen LogP contribution in [0.2, 0.25) is 0 Å². The number of carbonyl (C=O) groups excluding carboxylic acids is 2. The molecule has 10 heteroatoms. The van der Waals surface area contributed by atoms with E-state index in [2.05, 4.69) is 9.88 Å². The fourth-order valence-electron chi connectivity index (χ4n) is 5.98. The van der Waals surface area contributed by atoms with E-state index in [1.807, 2.05) is 24.3 Å². The van der Waals surface area contributed by atoms with Gasteiger partial charge in [0.25, 0.3) is 5.69 Å². The highest BCUT2D eigenvalue weighted by molar-refractivity contribution is 5.97. The third-order valence-electron chi connectivity index (χ3n) is 7.75. The molecule has 2 amide bonds. The number of nitrogens with zero attached hydrogens (tertiary/aromatic N) is 4. The topological polar surface area (TPSA) is 112 Å². The van der Waals surface area contributed by atoms with Crippen molar-refractivity contribution in [1.29, 1.82) is 0 Å². The van der Waals surface area contributed by atoms with Gasteiger partial charge in [-0.2, -0.15) is 0 Å². The summed E-state index contributed by atoms with van der Waals surface area (Å²) in [6.45, 7) is 4.62. The van der Waals surface area contributed by atoms with Gasteiger partial charge in [-0.1, -0.05) is 30.3 Å². The summed E-state index contributed by atoms with van der Waals surface area (Å²) in [6, 6.07) is 13.0. The van der Waals surface area contributed by atoms with E-state index in [0.717, 1.165) is 61.4 Å². The van der Waals surface area contributed by atoms with E-state index in [1.165, 1.54) is 12.1 Å². The largest absolute Gasteiger partial charge is 0.379 e. The lowest BCUT2D eigenvalue weighted by Crippen LogP contribution is -2.63. The van der Waals surface area contributed by atoms with Gasteiger partial charge in [0.1, 0.15) is 6.04 Å². The number of piperazine rings is 1. The van der Waals surface area contributed by atoms with Crippen molar-refractivity contribution in [2.24, 2.45) is 0 Å². The number of aromatic nitrogens is 1. The van der Waals surface area contributed by atoms with Gasteiger partial charge in [-0.15, -0.1) is 0 Å². The average Bonchev–Trinajstić information content (AvgIpc) is 3.29. The summed E-state index contributed by atoms with van der Waals surface area (Å²) < 4.78 is 5.41. The van der Waals surface area contributed by atoms with Crippen LogP contribution in [0.15, 0.2) is 48.5 Å². The van der Waals surface area contributed by atoms with Gasteiger partial charge >= 0.3 is 0 Å². The van der Waals surface area contributed by atoms with Crippen LogP contribution in [-0.2, 0) is 20.7 Å². The fraction of sp³-hybridized carbons (Fsp3) is 0.407. The van der Waals surface area contributed by atoms with E-state index >= 15 is 0 Å².